The van der Waals surface area contributed by atoms with Crippen molar-refractivity contribution in [3.05, 3.63) is 62.8 Å². The zero-order valence-corrected chi connectivity index (χ0v) is 17.2. The normalized spacial score (nSPS) is 14.8. The molecule has 0 bridgehead atoms. The third-order valence-corrected chi connectivity index (χ3v) is 5.75. The second-order valence-corrected chi connectivity index (χ2v) is 8.55. The number of nitrogens with one attached hydrogen (secondary N) is 1. The minimum Gasteiger partial charge on any atom is -0.490 e. The largest absolute Gasteiger partial charge is 0.490 e. The van der Waals surface area contributed by atoms with Crippen molar-refractivity contribution in [3.8, 4) is 11.8 Å². The maximum absolute atomic E-state index is 13.4. The molecule has 1 aliphatic rings. The van der Waals surface area contributed by atoms with Crippen LogP contribution in [0.3, 0.4) is 0 Å². The van der Waals surface area contributed by atoms with Crippen LogP contribution in [-0.2, 0) is 5.41 Å². The van der Waals surface area contributed by atoms with Gasteiger partial charge in [0.1, 0.15) is 5.75 Å². The highest BCUT2D eigenvalue weighted by Crippen LogP contribution is 2.46. The molecule has 0 atom stereocenters. The minimum absolute atomic E-state index is 0.00733. The average molecular weight is 423 g/mol. The van der Waals surface area contributed by atoms with E-state index in [0.29, 0.717) is 16.7 Å². The molecule has 1 N–H and O–H groups in total. The maximum Gasteiger partial charge on any atom is 0.195 e. The molecule has 1 aromatic heterocycles. The smallest absolute Gasteiger partial charge is 0.195 e. The number of fused-ring (bicyclic) bond motifs is 4. The van der Waals surface area contributed by atoms with Gasteiger partial charge in [0, 0.05) is 27.6 Å². The number of rotatable bonds is 2. The van der Waals surface area contributed by atoms with E-state index in [2.05, 4.69) is 40.8 Å². The second kappa shape index (κ2) is 5.97. The lowest BCUT2D eigenvalue weighted by atomic mass is 9.71. The molecule has 0 radical (unpaired) electrons. The number of carbonyl (C=O) groups is 1. The van der Waals surface area contributed by atoms with Crippen LogP contribution < -0.4 is 4.74 Å². The highest BCUT2D eigenvalue weighted by molar-refractivity contribution is 9.10. The van der Waals surface area contributed by atoms with Crippen LogP contribution in [0.4, 0.5) is 0 Å². The number of aromatic amines is 1. The van der Waals surface area contributed by atoms with Gasteiger partial charge in [0.05, 0.1) is 27.8 Å². The third kappa shape index (κ3) is 2.59. The zero-order chi connectivity index (χ0) is 19.5. The number of hydrogen-bond donors (Lipinski definition) is 1. The van der Waals surface area contributed by atoms with Gasteiger partial charge in [-0.3, -0.25) is 4.79 Å². The third-order valence-electron chi connectivity index (χ3n) is 5.13. The van der Waals surface area contributed by atoms with E-state index in [9.17, 15) is 10.1 Å². The van der Waals surface area contributed by atoms with Gasteiger partial charge >= 0.3 is 0 Å². The first-order valence-corrected chi connectivity index (χ1v) is 9.65. The monoisotopic (exact) mass is 422 g/mol. The van der Waals surface area contributed by atoms with Gasteiger partial charge in [0.15, 0.2) is 5.78 Å². The van der Waals surface area contributed by atoms with Crippen molar-refractivity contribution in [2.45, 2.75) is 39.2 Å². The number of nitriles is 1. The molecule has 5 heteroatoms. The Labute approximate surface area is 166 Å². The van der Waals surface area contributed by atoms with Crippen molar-refractivity contribution in [1.82, 2.24) is 4.98 Å². The van der Waals surface area contributed by atoms with Crippen LogP contribution in [0.25, 0.3) is 10.9 Å². The molecular formula is C22H19BrN2O2. The molecule has 0 unspecified atom stereocenters. The van der Waals surface area contributed by atoms with Crippen LogP contribution in [0.15, 0.2) is 34.8 Å². The summed E-state index contributed by atoms with van der Waals surface area (Å²) < 4.78 is 6.68. The van der Waals surface area contributed by atoms with Gasteiger partial charge in [-0.05, 0) is 59.6 Å². The molecule has 2 aromatic carbocycles. The standard InChI is InChI=1S/C22H19BrN2O2/c1-11(2)27-18-9-15-14(8-16(18)23)20(26)19-13-6-5-12(10-24)7-17(13)25-21(19)22(15,3)4/h5-9,11,25H,1-4H3. The van der Waals surface area contributed by atoms with Crippen LogP contribution in [-0.4, -0.2) is 16.9 Å². The molecule has 27 heavy (non-hydrogen) atoms. The number of hydrogen-bond acceptors (Lipinski definition) is 3. The van der Waals surface area contributed by atoms with E-state index in [0.717, 1.165) is 32.4 Å². The van der Waals surface area contributed by atoms with Gasteiger partial charge in [-0.25, -0.2) is 0 Å². The molecule has 0 aliphatic heterocycles. The van der Waals surface area contributed by atoms with Crippen molar-refractivity contribution in [3.63, 3.8) is 0 Å². The number of carbonyl (C=O) groups excluding carboxylic acids is 1. The van der Waals surface area contributed by atoms with Crippen molar-refractivity contribution < 1.29 is 9.53 Å². The van der Waals surface area contributed by atoms with Gasteiger partial charge in [-0.2, -0.15) is 5.26 Å². The first kappa shape index (κ1) is 17.8. The van der Waals surface area contributed by atoms with E-state index >= 15 is 0 Å². The fourth-order valence-corrected chi connectivity index (χ4v) is 4.28. The number of ketones is 1. The number of halogens is 1. The van der Waals surface area contributed by atoms with Crippen LogP contribution >= 0.6 is 15.9 Å². The van der Waals surface area contributed by atoms with Gasteiger partial charge < -0.3 is 9.72 Å². The first-order valence-electron chi connectivity index (χ1n) is 8.85. The number of aromatic nitrogens is 1. The van der Waals surface area contributed by atoms with E-state index in [1.165, 1.54) is 0 Å². The number of nitrogens with zero attached hydrogens (tertiary/aromatic N) is 1. The summed E-state index contributed by atoms with van der Waals surface area (Å²) in [6, 6.07) is 11.4. The Morgan fingerprint density at radius 1 is 1.22 bits per heavy atom. The highest BCUT2D eigenvalue weighted by Gasteiger charge is 2.40. The number of ether oxygens (including phenoxy) is 1. The lowest BCUT2D eigenvalue weighted by Crippen LogP contribution is -2.30. The molecule has 0 spiro atoms. The fraction of sp³-hybridized carbons (Fsp3) is 0.273. The molecule has 0 fully saturated rings. The van der Waals surface area contributed by atoms with Gasteiger partial charge in [0.2, 0.25) is 0 Å². The van der Waals surface area contributed by atoms with E-state index in [1.54, 1.807) is 12.1 Å². The summed E-state index contributed by atoms with van der Waals surface area (Å²) in [6.45, 7) is 8.16. The summed E-state index contributed by atoms with van der Waals surface area (Å²) in [5.74, 6) is 0.725. The van der Waals surface area contributed by atoms with E-state index in [1.807, 2.05) is 32.0 Å². The minimum atomic E-state index is -0.403. The van der Waals surface area contributed by atoms with Gasteiger partial charge in [0.25, 0.3) is 0 Å². The van der Waals surface area contributed by atoms with Crippen LogP contribution in [0.2, 0.25) is 0 Å². The highest BCUT2D eigenvalue weighted by atomic mass is 79.9. The summed E-state index contributed by atoms with van der Waals surface area (Å²) in [5.41, 5.74) is 4.16. The molecule has 1 heterocycles. The lowest BCUT2D eigenvalue weighted by Gasteiger charge is -2.33. The van der Waals surface area contributed by atoms with Crippen LogP contribution in [0.5, 0.6) is 5.75 Å². The Morgan fingerprint density at radius 3 is 2.63 bits per heavy atom. The summed E-state index contributed by atoms with van der Waals surface area (Å²) >= 11 is 3.55. The lowest BCUT2D eigenvalue weighted by molar-refractivity contribution is 0.103. The molecule has 136 valence electrons. The van der Waals surface area contributed by atoms with Crippen molar-refractivity contribution >= 4 is 32.6 Å². The molecule has 0 saturated heterocycles. The SMILES string of the molecule is CC(C)Oc1cc2c(cc1Br)C(=O)c1c([nH]c3cc(C#N)ccc13)C2(C)C. The summed E-state index contributed by atoms with van der Waals surface area (Å²) in [5, 5.41) is 10.0. The summed E-state index contributed by atoms with van der Waals surface area (Å²) in [6.07, 6.45) is 0.0368. The van der Waals surface area contributed by atoms with Gasteiger partial charge in [-0.1, -0.05) is 19.9 Å². The molecule has 4 rings (SSSR count). The predicted octanol–water partition coefficient (Wildman–Crippen LogP) is 5.46. The van der Waals surface area contributed by atoms with E-state index in [-0.39, 0.29) is 11.9 Å². The maximum atomic E-state index is 13.4. The van der Waals surface area contributed by atoms with Crippen LogP contribution in [0, 0.1) is 11.3 Å². The summed E-state index contributed by atoms with van der Waals surface area (Å²) in [7, 11) is 0. The molecule has 0 saturated carbocycles. The average Bonchev–Trinajstić information content (AvgIpc) is 3.00. The van der Waals surface area contributed by atoms with Crippen molar-refractivity contribution in [2.75, 3.05) is 0 Å². The molecule has 1 aliphatic carbocycles. The molecule has 4 nitrogen and oxygen atoms in total. The first-order chi connectivity index (χ1) is 12.7. The molecule has 3 aromatic rings. The Balaban J connectivity index is 1.99. The second-order valence-electron chi connectivity index (χ2n) is 7.70. The fourth-order valence-electron chi connectivity index (χ4n) is 3.84. The number of benzene rings is 2. The van der Waals surface area contributed by atoms with Crippen molar-refractivity contribution in [1.29, 1.82) is 5.26 Å². The Hall–Kier alpha value is -2.58. The Kier molecular flexibility index (Phi) is 3.94. The Morgan fingerprint density at radius 2 is 1.96 bits per heavy atom. The topological polar surface area (TPSA) is 65.9 Å². The Bertz CT molecular complexity index is 1150. The molecule has 0 amide bonds. The van der Waals surface area contributed by atoms with E-state index < -0.39 is 5.41 Å². The summed E-state index contributed by atoms with van der Waals surface area (Å²) in [4.78, 5) is 16.8. The quantitative estimate of drug-likeness (QED) is 0.595. The van der Waals surface area contributed by atoms with Crippen LogP contribution in [0.1, 0.15) is 60.4 Å². The van der Waals surface area contributed by atoms with Crippen molar-refractivity contribution in [2.24, 2.45) is 0 Å². The van der Waals surface area contributed by atoms with Gasteiger partial charge in [-0.15, -0.1) is 0 Å². The number of H-pyrrole nitrogens is 1. The molecular weight excluding hydrogens is 404 g/mol. The zero-order valence-electron chi connectivity index (χ0n) is 15.6. The predicted molar refractivity (Wildman–Crippen MR) is 108 cm³/mol. The van der Waals surface area contributed by atoms with E-state index in [4.69, 9.17) is 4.74 Å².